The van der Waals surface area contributed by atoms with Crippen LogP contribution < -0.4 is 5.56 Å². The van der Waals surface area contributed by atoms with Gasteiger partial charge in [-0.15, -0.1) is 0 Å². The van der Waals surface area contributed by atoms with Gasteiger partial charge in [-0.25, -0.2) is 4.98 Å². The molecule has 0 amide bonds. The Labute approximate surface area is 214 Å². The second-order valence-electron chi connectivity index (χ2n) is 9.59. The number of rotatable bonds is 6. The maximum atomic E-state index is 12.3. The molecular formula is C30H36N4O2. The zero-order valence-corrected chi connectivity index (χ0v) is 22.2. The number of aryl methyl sites for hydroxylation is 1. The van der Waals surface area contributed by atoms with Crippen LogP contribution in [0.25, 0.3) is 11.6 Å². The Morgan fingerprint density at radius 2 is 2.03 bits per heavy atom. The van der Waals surface area contributed by atoms with Crippen molar-refractivity contribution >= 4 is 11.6 Å². The molecule has 2 aromatic heterocycles. The third-order valence-electron chi connectivity index (χ3n) is 6.94. The van der Waals surface area contributed by atoms with Crippen LogP contribution in [0.15, 0.2) is 70.4 Å². The predicted octanol–water partition coefficient (Wildman–Crippen LogP) is 5.15. The third-order valence-corrected chi connectivity index (χ3v) is 6.94. The summed E-state index contributed by atoms with van der Waals surface area (Å²) in [5.74, 6) is 1.64. The number of pyridine rings is 1. The SMILES string of the molecule is C/C=C\C(/C(C)=C\c1nc(C)cc(=O)n1C)N1CCc2ncc(C3=C(OC)CC=C(C)C=C3)cc2C1. The monoisotopic (exact) mass is 484 g/mol. The standard InChI is InChI=1S/C30H36N4O2/c1-7-8-27(21(3)15-29-32-22(4)16-30(35)33(29)5)34-14-13-26-24(19-34)17-23(18-31-26)25-11-9-20(2)10-12-28(25)36-6/h7-11,15-18,27H,12-14,19H2,1-6H3/b8-7-,21-15-. The van der Waals surface area contributed by atoms with Crippen molar-refractivity contribution in [1.82, 2.24) is 19.4 Å². The van der Waals surface area contributed by atoms with Gasteiger partial charge in [-0.2, -0.15) is 0 Å². The fourth-order valence-electron chi connectivity index (χ4n) is 4.86. The topological polar surface area (TPSA) is 60.2 Å². The first-order chi connectivity index (χ1) is 17.3. The van der Waals surface area contributed by atoms with E-state index in [1.54, 1.807) is 24.8 Å². The summed E-state index contributed by atoms with van der Waals surface area (Å²) in [5.41, 5.74) is 7.63. The van der Waals surface area contributed by atoms with Gasteiger partial charge in [-0.3, -0.25) is 19.2 Å². The average Bonchev–Trinajstić information content (AvgIpc) is 3.05. The van der Waals surface area contributed by atoms with Gasteiger partial charge >= 0.3 is 0 Å². The lowest BCUT2D eigenvalue weighted by atomic mass is 9.96. The molecule has 1 aliphatic heterocycles. The highest BCUT2D eigenvalue weighted by Crippen LogP contribution is 2.30. The lowest BCUT2D eigenvalue weighted by Crippen LogP contribution is -2.39. The smallest absolute Gasteiger partial charge is 0.253 e. The highest BCUT2D eigenvalue weighted by molar-refractivity contribution is 5.77. The van der Waals surface area contributed by atoms with Crippen molar-refractivity contribution in [2.24, 2.45) is 7.05 Å². The van der Waals surface area contributed by atoms with Crippen LogP contribution in [0, 0.1) is 6.92 Å². The molecule has 188 valence electrons. The second kappa shape index (κ2) is 11.0. The van der Waals surface area contributed by atoms with E-state index in [0.29, 0.717) is 5.82 Å². The summed E-state index contributed by atoms with van der Waals surface area (Å²) in [7, 11) is 3.51. The molecule has 0 N–H and O–H groups in total. The normalized spacial score (nSPS) is 17.7. The number of methoxy groups -OCH3 is 1. The summed E-state index contributed by atoms with van der Waals surface area (Å²) < 4.78 is 7.34. The molecule has 3 heterocycles. The first-order valence-electron chi connectivity index (χ1n) is 12.5. The summed E-state index contributed by atoms with van der Waals surface area (Å²) in [6.45, 7) is 9.84. The highest BCUT2D eigenvalue weighted by atomic mass is 16.5. The van der Waals surface area contributed by atoms with E-state index in [1.807, 2.05) is 26.1 Å². The Balaban J connectivity index is 1.65. The second-order valence-corrected chi connectivity index (χ2v) is 9.59. The molecule has 0 bridgehead atoms. The number of hydrogen-bond donors (Lipinski definition) is 0. The van der Waals surface area contributed by atoms with E-state index in [9.17, 15) is 4.79 Å². The average molecular weight is 485 g/mol. The molecule has 0 saturated carbocycles. The molecule has 0 radical (unpaired) electrons. The maximum absolute atomic E-state index is 12.3. The van der Waals surface area contributed by atoms with Crippen LogP contribution >= 0.6 is 0 Å². The number of hydrogen-bond acceptors (Lipinski definition) is 5. The Morgan fingerprint density at radius 1 is 1.22 bits per heavy atom. The van der Waals surface area contributed by atoms with Gasteiger partial charge in [-0.05, 0) is 51.0 Å². The van der Waals surface area contributed by atoms with Crippen LogP contribution in [0.1, 0.15) is 55.5 Å². The Bertz CT molecular complexity index is 1360. The number of nitrogens with zero attached hydrogens (tertiary/aromatic N) is 4. The Hall–Kier alpha value is -3.51. The lowest BCUT2D eigenvalue weighted by Gasteiger charge is -2.34. The number of allylic oxidation sites excluding steroid dienone is 6. The minimum absolute atomic E-state index is 0.0441. The molecule has 4 rings (SSSR count). The van der Waals surface area contributed by atoms with Crippen LogP contribution in [0.3, 0.4) is 0 Å². The van der Waals surface area contributed by atoms with Gasteiger partial charge < -0.3 is 4.74 Å². The van der Waals surface area contributed by atoms with E-state index in [-0.39, 0.29) is 11.6 Å². The fourth-order valence-corrected chi connectivity index (χ4v) is 4.86. The van der Waals surface area contributed by atoms with Crippen molar-refractivity contribution in [3.63, 3.8) is 0 Å². The van der Waals surface area contributed by atoms with Gasteiger partial charge in [0.1, 0.15) is 11.6 Å². The third kappa shape index (κ3) is 5.49. The van der Waals surface area contributed by atoms with E-state index in [2.05, 4.69) is 60.2 Å². The molecule has 2 aliphatic rings. The van der Waals surface area contributed by atoms with Crippen molar-refractivity contribution in [1.29, 1.82) is 0 Å². The maximum Gasteiger partial charge on any atom is 0.253 e. The molecule has 2 aromatic rings. The zero-order valence-electron chi connectivity index (χ0n) is 22.2. The fraction of sp³-hybridized carbons (Fsp3) is 0.367. The predicted molar refractivity (Wildman–Crippen MR) is 146 cm³/mol. The van der Waals surface area contributed by atoms with Crippen LogP contribution in [-0.2, 0) is 24.8 Å². The summed E-state index contributed by atoms with van der Waals surface area (Å²) in [5, 5.41) is 0. The van der Waals surface area contributed by atoms with Gasteiger partial charge in [0.25, 0.3) is 5.56 Å². The quantitative estimate of drug-likeness (QED) is 0.531. The molecular weight excluding hydrogens is 448 g/mol. The number of ether oxygens (including phenoxy) is 1. The van der Waals surface area contributed by atoms with Crippen molar-refractivity contribution in [2.75, 3.05) is 13.7 Å². The summed E-state index contributed by atoms with van der Waals surface area (Å²) >= 11 is 0. The summed E-state index contributed by atoms with van der Waals surface area (Å²) in [6.07, 6.45) is 16.4. The molecule has 36 heavy (non-hydrogen) atoms. The van der Waals surface area contributed by atoms with Crippen LogP contribution in [-0.4, -0.2) is 39.1 Å². The molecule has 0 fully saturated rings. The van der Waals surface area contributed by atoms with Crippen molar-refractivity contribution < 1.29 is 4.74 Å². The van der Waals surface area contributed by atoms with Crippen LogP contribution in [0.4, 0.5) is 0 Å². The summed E-state index contributed by atoms with van der Waals surface area (Å²) in [4.78, 5) is 24.2. The lowest BCUT2D eigenvalue weighted by molar-refractivity contribution is 0.230. The van der Waals surface area contributed by atoms with Crippen LogP contribution in [0.5, 0.6) is 0 Å². The van der Waals surface area contributed by atoms with Gasteiger partial charge in [-0.1, -0.05) is 36.0 Å². The first kappa shape index (κ1) is 25.6. The largest absolute Gasteiger partial charge is 0.500 e. The van der Waals surface area contributed by atoms with E-state index < -0.39 is 0 Å². The van der Waals surface area contributed by atoms with Crippen molar-refractivity contribution in [2.45, 2.75) is 53.1 Å². The zero-order chi connectivity index (χ0) is 25.8. The van der Waals surface area contributed by atoms with Gasteiger partial charge in [0.05, 0.1) is 7.11 Å². The molecule has 6 heteroatoms. The van der Waals surface area contributed by atoms with E-state index in [1.165, 1.54) is 11.1 Å². The van der Waals surface area contributed by atoms with E-state index in [4.69, 9.17) is 9.72 Å². The van der Waals surface area contributed by atoms with Gasteiger partial charge in [0, 0.05) is 73.8 Å². The van der Waals surface area contributed by atoms with Crippen LogP contribution in [0.2, 0.25) is 0 Å². The first-order valence-corrected chi connectivity index (χ1v) is 12.5. The Morgan fingerprint density at radius 3 is 2.78 bits per heavy atom. The molecule has 1 unspecified atom stereocenters. The minimum atomic E-state index is -0.0441. The van der Waals surface area contributed by atoms with Gasteiger partial charge in [0.15, 0.2) is 0 Å². The highest BCUT2D eigenvalue weighted by Gasteiger charge is 2.25. The summed E-state index contributed by atoms with van der Waals surface area (Å²) in [6, 6.07) is 3.93. The Kier molecular flexibility index (Phi) is 7.85. The molecule has 0 spiro atoms. The molecule has 1 aliphatic carbocycles. The molecule has 6 nitrogen and oxygen atoms in total. The van der Waals surface area contributed by atoms with E-state index >= 15 is 0 Å². The molecule has 0 aromatic carbocycles. The molecule has 1 atom stereocenters. The number of fused-ring (bicyclic) bond motifs is 1. The molecule has 0 saturated heterocycles. The van der Waals surface area contributed by atoms with Crippen molar-refractivity contribution in [3.8, 4) is 0 Å². The van der Waals surface area contributed by atoms with Crippen molar-refractivity contribution in [3.05, 3.63) is 104 Å². The number of aromatic nitrogens is 3. The minimum Gasteiger partial charge on any atom is -0.500 e. The van der Waals surface area contributed by atoms with E-state index in [0.717, 1.165) is 59.8 Å². The van der Waals surface area contributed by atoms with Gasteiger partial charge in [0.2, 0.25) is 0 Å².